The number of hydrogen-bond donors (Lipinski definition) is 0. The van der Waals surface area contributed by atoms with Crippen LogP contribution in [0.5, 0.6) is 0 Å². The summed E-state index contributed by atoms with van der Waals surface area (Å²) in [6.07, 6.45) is 1.66. The van der Waals surface area contributed by atoms with E-state index in [1.807, 2.05) is 36.6 Å². The lowest BCUT2D eigenvalue weighted by Crippen LogP contribution is -2.31. The number of carbonyl (C=O) groups excluding carboxylic acids is 1. The number of fused-ring (bicyclic) bond motifs is 1. The first-order valence-corrected chi connectivity index (χ1v) is 9.37. The van der Waals surface area contributed by atoms with E-state index in [1.54, 1.807) is 35.4 Å². The van der Waals surface area contributed by atoms with Gasteiger partial charge in [-0.2, -0.15) is 0 Å². The maximum atomic E-state index is 13.6. The summed E-state index contributed by atoms with van der Waals surface area (Å²) in [5, 5.41) is 2.57. The predicted molar refractivity (Wildman–Crippen MR) is 105 cm³/mol. The number of aromatic nitrogens is 1. The van der Waals surface area contributed by atoms with Crippen molar-refractivity contribution in [3.8, 4) is 0 Å². The highest BCUT2D eigenvalue weighted by Crippen LogP contribution is 2.30. The van der Waals surface area contributed by atoms with Crippen molar-refractivity contribution < 1.29 is 13.6 Å². The second-order valence-corrected chi connectivity index (χ2v) is 7.34. The molecule has 1 amide bonds. The standard InChI is InChI=1S/C21H17FN2O2S/c1-13-5-3-9-23-20(13)24(12-16-6-4-10-27-16)21(25)19-14(2)17-11-15(22)7-8-18(17)26-19/h3-11H,12H2,1-2H3. The molecule has 3 aromatic heterocycles. The van der Waals surface area contributed by atoms with Crippen LogP contribution in [0.25, 0.3) is 11.0 Å². The molecule has 0 N–H and O–H groups in total. The van der Waals surface area contributed by atoms with E-state index in [2.05, 4.69) is 4.98 Å². The molecule has 0 aliphatic rings. The maximum Gasteiger partial charge on any atom is 0.295 e. The minimum Gasteiger partial charge on any atom is -0.451 e. The van der Waals surface area contributed by atoms with Gasteiger partial charge in [-0.3, -0.25) is 9.69 Å². The van der Waals surface area contributed by atoms with Gasteiger partial charge in [0.05, 0.1) is 6.54 Å². The first-order valence-electron chi connectivity index (χ1n) is 8.49. The van der Waals surface area contributed by atoms with E-state index in [-0.39, 0.29) is 17.5 Å². The topological polar surface area (TPSA) is 46.3 Å². The molecule has 0 unspecified atom stereocenters. The molecular formula is C21H17FN2O2S. The third-order valence-corrected chi connectivity index (χ3v) is 5.33. The zero-order valence-corrected chi connectivity index (χ0v) is 15.7. The fourth-order valence-corrected chi connectivity index (χ4v) is 3.77. The highest BCUT2D eigenvalue weighted by atomic mass is 32.1. The Bertz CT molecular complexity index is 1120. The summed E-state index contributed by atoms with van der Waals surface area (Å²) in [4.78, 5) is 20.5. The molecule has 1 aromatic carbocycles. The molecule has 0 aliphatic carbocycles. The van der Waals surface area contributed by atoms with Crippen molar-refractivity contribution in [3.05, 3.63) is 81.6 Å². The van der Waals surface area contributed by atoms with E-state index < -0.39 is 0 Å². The van der Waals surface area contributed by atoms with Crippen LogP contribution in [0.1, 0.15) is 26.6 Å². The summed E-state index contributed by atoms with van der Waals surface area (Å²) in [6, 6.07) is 11.9. The number of pyridine rings is 1. The van der Waals surface area contributed by atoms with Gasteiger partial charge in [0, 0.05) is 22.0 Å². The van der Waals surface area contributed by atoms with Crippen LogP contribution in [0.4, 0.5) is 10.2 Å². The van der Waals surface area contributed by atoms with E-state index in [0.29, 0.717) is 28.9 Å². The minimum atomic E-state index is -0.360. The van der Waals surface area contributed by atoms with Crippen molar-refractivity contribution in [2.45, 2.75) is 20.4 Å². The van der Waals surface area contributed by atoms with E-state index in [9.17, 15) is 9.18 Å². The van der Waals surface area contributed by atoms with Crippen LogP contribution in [0.3, 0.4) is 0 Å². The van der Waals surface area contributed by atoms with Gasteiger partial charge in [0.25, 0.3) is 5.91 Å². The molecule has 4 rings (SSSR count). The first-order chi connectivity index (χ1) is 13.0. The molecule has 3 heterocycles. The zero-order chi connectivity index (χ0) is 19.0. The normalized spacial score (nSPS) is 11.1. The third kappa shape index (κ3) is 3.24. The van der Waals surface area contributed by atoms with Crippen LogP contribution in [-0.4, -0.2) is 10.9 Å². The molecule has 4 aromatic rings. The lowest BCUT2D eigenvalue weighted by atomic mass is 10.1. The van der Waals surface area contributed by atoms with Crippen molar-refractivity contribution in [2.24, 2.45) is 0 Å². The number of carbonyl (C=O) groups is 1. The second-order valence-electron chi connectivity index (χ2n) is 6.31. The number of nitrogens with zero attached hydrogens (tertiary/aromatic N) is 2. The van der Waals surface area contributed by atoms with Crippen LogP contribution in [0.15, 0.2) is 58.5 Å². The van der Waals surface area contributed by atoms with E-state index in [4.69, 9.17) is 4.42 Å². The van der Waals surface area contributed by atoms with Gasteiger partial charge in [0.2, 0.25) is 0 Å². The van der Waals surface area contributed by atoms with Crippen molar-refractivity contribution in [1.82, 2.24) is 4.98 Å². The molecule has 0 spiro atoms. The van der Waals surface area contributed by atoms with Gasteiger partial charge < -0.3 is 4.42 Å². The van der Waals surface area contributed by atoms with Crippen LogP contribution in [0, 0.1) is 19.7 Å². The number of aryl methyl sites for hydroxylation is 2. The van der Waals surface area contributed by atoms with Crippen LogP contribution >= 0.6 is 11.3 Å². The van der Waals surface area contributed by atoms with Gasteiger partial charge in [-0.05, 0) is 55.1 Å². The number of rotatable bonds is 4. The number of halogens is 1. The Labute approximate surface area is 159 Å². The molecular weight excluding hydrogens is 363 g/mol. The summed E-state index contributed by atoms with van der Waals surface area (Å²) in [5.74, 6) is 0.139. The van der Waals surface area contributed by atoms with Crippen LogP contribution in [0.2, 0.25) is 0 Å². The number of furan rings is 1. The highest BCUT2D eigenvalue weighted by Gasteiger charge is 2.27. The number of amides is 1. The van der Waals surface area contributed by atoms with Crippen LogP contribution in [-0.2, 0) is 6.54 Å². The summed E-state index contributed by atoms with van der Waals surface area (Å²) < 4.78 is 19.4. The smallest absolute Gasteiger partial charge is 0.295 e. The van der Waals surface area contributed by atoms with Gasteiger partial charge in [0.1, 0.15) is 17.2 Å². The Morgan fingerprint density at radius 3 is 2.81 bits per heavy atom. The number of anilines is 1. The SMILES string of the molecule is Cc1cccnc1N(Cc1cccs1)C(=O)c1oc2ccc(F)cc2c1C. The lowest BCUT2D eigenvalue weighted by Gasteiger charge is -2.22. The molecule has 0 saturated carbocycles. The van der Waals surface area contributed by atoms with Gasteiger partial charge in [-0.25, -0.2) is 9.37 Å². The quantitative estimate of drug-likeness (QED) is 0.470. The van der Waals surface area contributed by atoms with Gasteiger partial charge in [-0.15, -0.1) is 11.3 Å². The Balaban J connectivity index is 1.81. The largest absolute Gasteiger partial charge is 0.451 e. The number of hydrogen-bond acceptors (Lipinski definition) is 4. The molecule has 0 atom stereocenters. The fourth-order valence-electron chi connectivity index (χ4n) is 3.08. The summed E-state index contributed by atoms with van der Waals surface area (Å²) in [7, 11) is 0. The van der Waals surface area contributed by atoms with Crippen LogP contribution < -0.4 is 4.90 Å². The van der Waals surface area contributed by atoms with E-state index in [0.717, 1.165) is 10.4 Å². The molecule has 0 fully saturated rings. The molecule has 6 heteroatoms. The van der Waals surface area contributed by atoms with Crippen molar-refractivity contribution >= 4 is 34.0 Å². The van der Waals surface area contributed by atoms with Gasteiger partial charge >= 0.3 is 0 Å². The monoisotopic (exact) mass is 380 g/mol. The number of benzene rings is 1. The molecule has 4 nitrogen and oxygen atoms in total. The Morgan fingerprint density at radius 2 is 2.07 bits per heavy atom. The minimum absolute atomic E-state index is 0.206. The lowest BCUT2D eigenvalue weighted by molar-refractivity contribution is 0.0959. The Hall–Kier alpha value is -2.99. The molecule has 27 heavy (non-hydrogen) atoms. The Morgan fingerprint density at radius 1 is 1.22 bits per heavy atom. The van der Waals surface area contributed by atoms with Crippen molar-refractivity contribution in [2.75, 3.05) is 4.90 Å². The van der Waals surface area contributed by atoms with Crippen molar-refractivity contribution in [1.29, 1.82) is 0 Å². The molecule has 0 bridgehead atoms. The van der Waals surface area contributed by atoms with Crippen molar-refractivity contribution in [3.63, 3.8) is 0 Å². The van der Waals surface area contributed by atoms with E-state index >= 15 is 0 Å². The highest BCUT2D eigenvalue weighted by molar-refractivity contribution is 7.09. The summed E-state index contributed by atoms with van der Waals surface area (Å²) in [5.41, 5.74) is 2.01. The average Bonchev–Trinajstić information content (AvgIpc) is 3.28. The second kappa shape index (κ2) is 6.96. The molecule has 0 radical (unpaired) electrons. The van der Waals surface area contributed by atoms with Gasteiger partial charge in [0.15, 0.2) is 5.76 Å². The van der Waals surface area contributed by atoms with Gasteiger partial charge in [-0.1, -0.05) is 12.1 Å². The fraction of sp³-hybridized carbons (Fsp3) is 0.143. The molecule has 0 aliphatic heterocycles. The first kappa shape index (κ1) is 17.4. The zero-order valence-electron chi connectivity index (χ0n) is 14.9. The predicted octanol–water partition coefficient (Wildman–Crippen LogP) is 5.49. The maximum absolute atomic E-state index is 13.6. The molecule has 0 saturated heterocycles. The third-order valence-electron chi connectivity index (χ3n) is 4.47. The Kier molecular flexibility index (Phi) is 4.49. The summed E-state index contributed by atoms with van der Waals surface area (Å²) in [6.45, 7) is 4.07. The van der Waals surface area contributed by atoms with E-state index in [1.165, 1.54) is 12.1 Å². The number of thiophene rings is 1. The average molecular weight is 380 g/mol. The molecule has 136 valence electrons. The summed E-state index contributed by atoms with van der Waals surface area (Å²) >= 11 is 1.57.